The van der Waals surface area contributed by atoms with Crippen molar-refractivity contribution in [1.29, 1.82) is 0 Å². The van der Waals surface area contributed by atoms with Crippen LogP contribution in [-0.4, -0.2) is 75.0 Å². The van der Waals surface area contributed by atoms with Crippen molar-refractivity contribution in [2.24, 2.45) is 4.99 Å². The molecule has 1 aliphatic heterocycles. The number of nitrogens with one attached hydrogen (secondary N) is 1. The van der Waals surface area contributed by atoms with Crippen molar-refractivity contribution in [1.82, 2.24) is 19.7 Å². The average molecular weight is 681 g/mol. The average Bonchev–Trinajstić information content (AvgIpc) is 3.60. The van der Waals surface area contributed by atoms with Gasteiger partial charge in [-0.3, -0.25) is 14.3 Å². The number of rotatable bonds is 12. The van der Waals surface area contributed by atoms with Crippen LogP contribution in [0.25, 0.3) is 5.52 Å². The van der Waals surface area contributed by atoms with Crippen LogP contribution in [0.5, 0.6) is 5.75 Å². The van der Waals surface area contributed by atoms with E-state index >= 15 is 0 Å². The van der Waals surface area contributed by atoms with E-state index in [0.29, 0.717) is 11.2 Å². The van der Waals surface area contributed by atoms with E-state index in [-0.39, 0.29) is 23.6 Å². The van der Waals surface area contributed by atoms with Gasteiger partial charge in [0.1, 0.15) is 48.6 Å². The van der Waals surface area contributed by atoms with Gasteiger partial charge < -0.3 is 29.9 Å². The van der Waals surface area contributed by atoms with Gasteiger partial charge in [0, 0.05) is 13.3 Å². The molecule has 3 heterocycles. The second-order valence-electron chi connectivity index (χ2n) is 12.5. The number of aromatic nitrogens is 3. The third kappa shape index (κ3) is 7.44. The van der Waals surface area contributed by atoms with Gasteiger partial charge in [-0.2, -0.15) is 10.2 Å². The zero-order valence-corrected chi connectivity index (χ0v) is 28.3. The number of aliphatic hydroxyl groups excluding tert-OH is 2. The maximum absolute atomic E-state index is 14.3. The third-order valence-electron chi connectivity index (χ3n) is 7.98. The first-order chi connectivity index (χ1) is 22.8. The largest absolute Gasteiger partial charge is 0.460 e. The molecule has 2 aromatic carbocycles. The molecule has 4 aromatic rings. The first kappa shape index (κ1) is 35.1. The summed E-state index contributed by atoms with van der Waals surface area (Å²) in [4.78, 5) is 21.0. The molecular formula is C33H41N6O8P. The predicted molar refractivity (Wildman–Crippen MR) is 179 cm³/mol. The van der Waals surface area contributed by atoms with Crippen LogP contribution in [-0.2, 0) is 41.0 Å². The molecule has 5 N–H and O–H groups in total. The Balaban J connectivity index is 1.38. The number of fused-ring (bicyclic) bond motifs is 1. The van der Waals surface area contributed by atoms with Gasteiger partial charge in [0.25, 0.3) is 0 Å². The molecule has 1 unspecified atom stereocenters. The fourth-order valence-electron chi connectivity index (χ4n) is 5.36. The molecule has 5 rings (SSSR count). The van der Waals surface area contributed by atoms with Crippen LogP contribution < -0.4 is 15.3 Å². The number of aliphatic hydroxyl groups is 2. The van der Waals surface area contributed by atoms with E-state index in [0.717, 1.165) is 11.1 Å². The highest BCUT2D eigenvalue weighted by molar-refractivity contribution is 7.52. The van der Waals surface area contributed by atoms with Crippen LogP contribution in [0.3, 0.4) is 0 Å². The summed E-state index contributed by atoms with van der Waals surface area (Å²) in [7, 11) is -2.88. The Hall–Kier alpha value is -4.17. The van der Waals surface area contributed by atoms with Crippen molar-refractivity contribution in [3.05, 3.63) is 89.9 Å². The molecule has 1 aliphatic rings. The fourth-order valence-corrected chi connectivity index (χ4v) is 6.87. The second kappa shape index (κ2) is 14.1. The highest BCUT2D eigenvalue weighted by Crippen LogP contribution is 2.47. The number of nitrogens with zero attached hydrogens (tertiary/aromatic N) is 4. The van der Waals surface area contributed by atoms with E-state index in [1.807, 2.05) is 42.5 Å². The van der Waals surface area contributed by atoms with Gasteiger partial charge >= 0.3 is 13.7 Å². The number of hydrogen-bond donors (Lipinski definition) is 4. The molecule has 6 atom stereocenters. The molecule has 2 aromatic heterocycles. The number of hydrogen-bond acceptors (Lipinski definition) is 12. The van der Waals surface area contributed by atoms with E-state index in [1.54, 1.807) is 24.3 Å². The lowest BCUT2D eigenvalue weighted by Gasteiger charge is -2.28. The minimum atomic E-state index is -4.36. The zero-order chi connectivity index (χ0) is 34.7. The normalized spacial score (nSPS) is 23.3. The molecule has 48 heavy (non-hydrogen) atoms. The Kier molecular flexibility index (Phi) is 10.3. The molecule has 0 saturated carbocycles. The predicted octanol–water partition coefficient (Wildman–Crippen LogP) is 3.55. The van der Waals surface area contributed by atoms with Crippen molar-refractivity contribution >= 4 is 31.3 Å². The van der Waals surface area contributed by atoms with Crippen LogP contribution in [0.4, 0.5) is 5.82 Å². The molecular weight excluding hydrogens is 639 g/mol. The summed E-state index contributed by atoms with van der Waals surface area (Å²) in [6, 6.07) is 18.3. The molecule has 0 bridgehead atoms. The Bertz CT molecular complexity index is 1800. The first-order valence-corrected chi connectivity index (χ1v) is 16.9. The summed E-state index contributed by atoms with van der Waals surface area (Å²) >= 11 is 0. The van der Waals surface area contributed by atoms with Crippen molar-refractivity contribution in [3.63, 3.8) is 0 Å². The Morgan fingerprint density at radius 3 is 2.54 bits per heavy atom. The van der Waals surface area contributed by atoms with Crippen LogP contribution in [0, 0.1) is 0 Å². The summed E-state index contributed by atoms with van der Waals surface area (Å²) in [6.07, 6.45) is -1.71. The zero-order valence-electron chi connectivity index (χ0n) is 27.4. The van der Waals surface area contributed by atoms with Gasteiger partial charge in [0.2, 0.25) is 0 Å². The number of carbonyl (C=O) groups excluding carboxylic acids is 1. The van der Waals surface area contributed by atoms with Gasteiger partial charge in [-0.1, -0.05) is 63.2 Å². The smallest absolute Gasteiger partial charge is 0.459 e. The summed E-state index contributed by atoms with van der Waals surface area (Å²) < 4.78 is 39.1. The van der Waals surface area contributed by atoms with E-state index < -0.39 is 50.3 Å². The summed E-state index contributed by atoms with van der Waals surface area (Å²) in [5.74, 6) is -0.286. The highest BCUT2D eigenvalue weighted by Gasteiger charge is 2.56. The number of carbonyl (C=O) groups is 1. The first-order valence-electron chi connectivity index (χ1n) is 15.4. The lowest BCUT2D eigenvalue weighted by atomic mass is 9.87. The summed E-state index contributed by atoms with van der Waals surface area (Å²) in [5.41, 5.74) is 6.75. The van der Waals surface area contributed by atoms with Crippen LogP contribution in [0.2, 0.25) is 0 Å². The van der Waals surface area contributed by atoms with Crippen LogP contribution in [0.1, 0.15) is 44.5 Å². The van der Waals surface area contributed by atoms with Gasteiger partial charge in [0.05, 0.1) is 12.3 Å². The van der Waals surface area contributed by atoms with Gasteiger partial charge in [0.15, 0.2) is 11.4 Å². The van der Waals surface area contributed by atoms with Crippen molar-refractivity contribution in [2.75, 3.05) is 19.4 Å². The molecule has 0 spiro atoms. The number of ether oxygens (including phenoxy) is 2. The van der Waals surface area contributed by atoms with E-state index in [9.17, 15) is 19.6 Å². The fraction of sp³-hybridized carbons (Fsp3) is 0.394. The molecule has 14 nitrogen and oxygen atoms in total. The van der Waals surface area contributed by atoms with Gasteiger partial charge in [-0.05, 0) is 47.7 Å². The van der Waals surface area contributed by atoms with Gasteiger partial charge in [-0.15, -0.1) is 0 Å². The number of anilines is 1. The topological polar surface area (TPSA) is 192 Å². The third-order valence-corrected chi connectivity index (χ3v) is 9.62. The van der Waals surface area contributed by atoms with Crippen molar-refractivity contribution < 1.29 is 38.1 Å². The van der Waals surface area contributed by atoms with Crippen LogP contribution >= 0.6 is 7.75 Å². The Morgan fingerprint density at radius 2 is 1.88 bits per heavy atom. The molecule has 0 aliphatic carbocycles. The number of esters is 1. The number of benzene rings is 2. The summed E-state index contributed by atoms with van der Waals surface area (Å²) in [5, 5.41) is 29.4. The van der Waals surface area contributed by atoms with Gasteiger partial charge in [-0.25, -0.2) is 14.1 Å². The quantitative estimate of drug-likeness (QED) is 0.0968. The lowest BCUT2D eigenvalue weighted by molar-refractivity contribution is -0.146. The minimum Gasteiger partial charge on any atom is -0.460 e. The van der Waals surface area contributed by atoms with Crippen LogP contribution in [0.15, 0.2) is 78.0 Å². The monoisotopic (exact) mass is 680 g/mol. The molecule has 1 saturated heterocycles. The molecule has 1 fully saturated rings. The van der Waals surface area contributed by atoms with E-state index in [1.165, 1.54) is 31.0 Å². The molecule has 15 heteroatoms. The number of aliphatic imine (C=N–C) groups is 1. The minimum absolute atomic E-state index is 0.0119. The number of nitrogens with two attached hydrogens (primary N) is 1. The standard InChI is InChI=1S/C33H41N6O8P/c1-21(31(42)44-17-22-9-7-6-8-10-22)38-48(43,47-24-13-11-23(12-14-24)32(2,3)4)45-18-26-28(40)29(41)33(46-26,19-35-5)27-16-15-25-30(34)36-20-37-39(25)27/h6-16,19-21,26,28-29,40-41H,17-18H2,1-5H3,(H,38,43)(H2,34,36,37)/t21-,26+,28+,29+,33-,48?/m0/s1. The van der Waals surface area contributed by atoms with Crippen molar-refractivity contribution in [3.8, 4) is 5.75 Å². The second-order valence-corrected chi connectivity index (χ2v) is 14.2. The lowest BCUT2D eigenvalue weighted by Crippen LogP contribution is -2.43. The summed E-state index contributed by atoms with van der Waals surface area (Å²) in [6.45, 7) is 7.14. The van der Waals surface area contributed by atoms with Crippen molar-refractivity contribution in [2.45, 2.75) is 69.7 Å². The Morgan fingerprint density at radius 1 is 1.17 bits per heavy atom. The highest BCUT2D eigenvalue weighted by atomic mass is 31.2. The number of nitrogen functional groups attached to an aromatic ring is 1. The molecule has 256 valence electrons. The van der Waals surface area contributed by atoms with E-state index in [4.69, 9.17) is 24.3 Å². The SMILES string of the molecule is CN=C[C@@]1(c2ccc3c(N)ncnn23)O[C@H](COP(=O)(N[C@@H](C)C(=O)OCc2ccccc2)Oc2ccc(C(C)(C)C)cc2)[C@@H](O)[C@H]1O. The maximum atomic E-state index is 14.3. The molecule has 0 radical (unpaired) electrons. The van der Waals surface area contributed by atoms with E-state index in [2.05, 4.69) is 40.9 Å². The maximum Gasteiger partial charge on any atom is 0.459 e. The molecule has 0 amide bonds. The Labute approximate surface area is 278 Å².